The number of rotatable bonds is 5. The van der Waals surface area contributed by atoms with Crippen molar-refractivity contribution in [2.24, 2.45) is 11.8 Å². The third kappa shape index (κ3) is 4.97. The summed E-state index contributed by atoms with van der Waals surface area (Å²) < 4.78 is 4.76. The molecule has 0 spiro atoms. The Kier molecular flexibility index (Phi) is 9.08. The molecule has 1 aliphatic rings. The Balaban J connectivity index is 0.00000196. The van der Waals surface area contributed by atoms with Crippen molar-refractivity contribution in [3.05, 3.63) is 30.7 Å². The number of allylic oxidation sites excluding steroid dienone is 3. The van der Waals surface area contributed by atoms with Crippen LogP contribution in [0.1, 0.15) is 26.2 Å². The molecule has 3 heteroatoms. The van der Waals surface area contributed by atoms with E-state index in [-0.39, 0.29) is 32.7 Å². The Morgan fingerprint density at radius 3 is 2.93 bits per heavy atom. The fourth-order valence-electron chi connectivity index (χ4n) is 1.97. The quantitative estimate of drug-likeness (QED) is 0.427. The van der Waals surface area contributed by atoms with Crippen LogP contribution in [0, 0.1) is 18.8 Å². The molecule has 0 heterocycles. The van der Waals surface area contributed by atoms with Crippen LogP contribution in [0.2, 0.25) is 0 Å². The Morgan fingerprint density at radius 2 is 2.33 bits per heavy atom. The summed E-state index contributed by atoms with van der Waals surface area (Å²) in [7, 11) is 5.13. The van der Waals surface area contributed by atoms with Crippen molar-refractivity contribution in [1.29, 1.82) is 0 Å². The predicted molar refractivity (Wildman–Crippen MR) is 60.8 cm³/mol. The van der Waals surface area contributed by atoms with Gasteiger partial charge in [0.1, 0.15) is 0 Å². The Bertz CT molecular complexity index is 226. The van der Waals surface area contributed by atoms with Gasteiger partial charge in [-0.3, -0.25) is 0 Å². The van der Waals surface area contributed by atoms with Crippen molar-refractivity contribution >= 4 is 8.05 Å². The third-order valence-corrected chi connectivity index (χ3v) is 2.88. The fraction of sp³-hybridized carbons (Fsp3) is 0.583. The second kappa shape index (κ2) is 8.73. The van der Waals surface area contributed by atoms with Crippen LogP contribution in [0.15, 0.2) is 23.8 Å². The first-order chi connectivity index (χ1) is 6.79. The van der Waals surface area contributed by atoms with Gasteiger partial charge in [0.25, 0.3) is 8.05 Å². The minimum Gasteiger partial charge on any atom is -0.447 e. The zero-order valence-electron chi connectivity index (χ0n) is 9.49. The van der Waals surface area contributed by atoms with Gasteiger partial charge >= 0.3 is 0 Å². The summed E-state index contributed by atoms with van der Waals surface area (Å²) in [4.78, 5) is 0. The first kappa shape index (κ1) is 15.6. The molecule has 1 rings (SSSR count). The zero-order chi connectivity index (χ0) is 10.4. The van der Waals surface area contributed by atoms with E-state index in [1.165, 1.54) is 5.57 Å². The Morgan fingerprint density at radius 1 is 1.60 bits per heavy atom. The third-order valence-electron chi connectivity index (χ3n) is 2.88. The van der Waals surface area contributed by atoms with Crippen LogP contribution in [0.25, 0.3) is 0 Å². The second-order valence-electron chi connectivity index (χ2n) is 3.90. The first-order valence-corrected chi connectivity index (χ1v) is 5.24. The summed E-state index contributed by atoms with van der Waals surface area (Å²) in [5.41, 5.74) is 1.47. The summed E-state index contributed by atoms with van der Waals surface area (Å²) >= 11 is 0. The topological polar surface area (TPSA) is 9.23 Å². The average Bonchev–Trinajstić information content (AvgIpc) is 2.51. The van der Waals surface area contributed by atoms with E-state index < -0.39 is 0 Å². The van der Waals surface area contributed by atoms with Gasteiger partial charge in [0.05, 0.1) is 0 Å². The van der Waals surface area contributed by atoms with Gasteiger partial charge in [-0.25, -0.2) is 0 Å². The standard InChI is InChI=1S/C12H18BO.Y/c1-3-4-5-6-11-8-7-10(2)12(11)9-14-13;/h4-5,8,10,12H,1,3,6-7,9H2,2H3;/q-1;/t10?,12-;/m0./s1. The molecule has 0 bridgehead atoms. The number of hydrogen-bond donors (Lipinski definition) is 0. The predicted octanol–water partition coefficient (Wildman–Crippen LogP) is 2.84. The van der Waals surface area contributed by atoms with E-state index >= 15 is 0 Å². The van der Waals surface area contributed by atoms with Gasteiger partial charge in [0.15, 0.2) is 0 Å². The van der Waals surface area contributed by atoms with Crippen molar-refractivity contribution in [2.45, 2.75) is 26.2 Å². The molecule has 0 aliphatic heterocycles. The molecule has 0 fully saturated rings. The SMILES string of the molecule is [B]OC[C@@H]1C(CC=CC[CH2-])=CCC1C.[Y]. The minimum absolute atomic E-state index is 0. The number of hydrogen-bond acceptors (Lipinski definition) is 1. The van der Waals surface area contributed by atoms with Crippen LogP contribution in [0.5, 0.6) is 0 Å². The van der Waals surface area contributed by atoms with Crippen LogP contribution in [-0.4, -0.2) is 14.7 Å². The Hall–Kier alpha value is 0.609. The minimum atomic E-state index is 0. The van der Waals surface area contributed by atoms with Gasteiger partial charge in [-0.05, 0) is 18.8 Å². The van der Waals surface area contributed by atoms with Gasteiger partial charge < -0.3 is 11.6 Å². The fourth-order valence-corrected chi connectivity index (χ4v) is 1.97. The summed E-state index contributed by atoms with van der Waals surface area (Å²) in [6.45, 7) is 6.66. The summed E-state index contributed by atoms with van der Waals surface area (Å²) in [6, 6.07) is 0. The van der Waals surface area contributed by atoms with Crippen molar-refractivity contribution in [3.63, 3.8) is 0 Å². The molecular formula is C12H18BOY-. The van der Waals surface area contributed by atoms with Gasteiger partial charge in [-0.1, -0.05) is 24.6 Å². The summed E-state index contributed by atoms with van der Waals surface area (Å²) in [6.07, 6.45) is 9.64. The van der Waals surface area contributed by atoms with E-state index in [1.54, 1.807) is 0 Å². The largest absolute Gasteiger partial charge is 0.447 e. The van der Waals surface area contributed by atoms with Gasteiger partial charge in [-0.15, -0.1) is 6.08 Å². The molecule has 3 radical (unpaired) electrons. The van der Waals surface area contributed by atoms with E-state index in [4.69, 9.17) is 12.7 Å². The van der Waals surface area contributed by atoms with Crippen molar-refractivity contribution in [1.82, 2.24) is 0 Å². The summed E-state index contributed by atoms with van der Waals surface area (Å²) in [5, 5.41) is 0. The molecule has 1 aliphatic carbocycles. The molecule has 15 heavy (non-hydrogen) atoms. The molecule has 1 nitrogen and oxygen atoms in total. The van der Waals surface area contributed by atoms with Gasteiger partial charge in [0.2, 0.25) is 0 Å². The van der Waals surface area contributed by atoms with E-state index in [9.17, 15) is 0 Å². The first-order valence-electron chi connectivity index (χ1n) is 5.24. The molecule has 0 amide bonds. The zero-order valence-corrected chi connectivity index (χ0v) is 12.3. The van der Waals surface area contributed by atoms with Crippen molar-refractivity contribution in [3.8, 4) is 0 Å². The summed E-state index contributed by atoms with van der Waals surface area (Å²) in [5.74, 6) is 1.18. The van der Waals surface area contributed by atoms with Crippen molar-refractivity contribution < 1.29 is 37.4 Å². The molecule has 0 aromatic rings. The molecule has 0 aromatic carbocycles. The maximum absolute atomic E-state index is 5.13. The maximum Gasteiger partial charge on any atom is 0.282 e. The van der Waals surface area contributed by atoms with E-state index in [2.05, 4.69) is 32.1 Å². The smallest absolute Gasteiger partial charge is 0.282 e. The van der Waals surface area contributed by atoms with E-state index in [0.717, 1.165) is 19.3 Å². The van der Waals surface area contributed by atoms with Gasteiger partial charge in [0, 0.05) is 45.2 Å². The van der Waals surface area contributed by atoms with Crippen LogP contribution in [-0.2, 0) is 37.4 Å². The van der Waals surface area contributed by atoms with Crippen molar-refractivity contribution in [2.75, 3.05) is 6.61 Å². The molecule has 0 saturated heterocycles. The van der Waals surface area contributed by atoms with E-state index in [1.807, 2.05) is 0 Å². The van der Waals surface area contributed by atoms with Crippen LogP contribution in [0.3, 0.4) is 0 Å². The molecule has 79 valence electrons. The molecule has 0 aromatic heterocycles. The molecule has 0 N–H and O–H groups in total. The van der Waals surface area contributed by atoms with Gasteiger partial charge in [-0.2, -0.15) is 6.42 Å². The average molecular weight is 278 g/mol. The maximum atomic E-state index is 5.13. The van der Waals surface area contributed by atoms with Crippen LogP contribution >= 0.6 is 0 Å². The monoisotopic (exact) mass is 278 g/mol. The van der Waals surface area contributed by atoms with Crippen LogP contribution in [0.4, 0.5) is 0 Å². The molecule has 2 atom stereocenters. The van der Waals surface area contributed by atoms with E-state index in [0.29, 0.717) is 18.4 Å². The second-order valence-corrected chi connectivity index (χ2v) is 3.90. The molecule has 1 unspecified atom stereocenters. The molecule has 0 saturated carbocycles. The Labute approximate surface area is 120 Å². The van der Waals surface area contributed by atoms with Crippen LogP contribution < -0.4 is 0 Å². The molecular weight excluding hydrogens is 260 g/mol. The normalized spacial score (nSPS) is 25.3.